The van der Waals surface area contributed by atoms with Crippen molar-refractivity contribution >= 4 is 19.0 Å². The van der Waals surface area contributed by atoms with Crippen LogP contribution >= 0.6 is 0 Å². The van der Waals surface area contributed by atoms with Gasteiger partial charge in [0.05, 0.1) is 5.94 Å². The molecule has 1 atom stereocenters. The summed E-state index contributed by atoms with van der Waals surface area (Å²) in [7, 11) is 0.842. The van der Waals surface area contributed by atoms with Crippen LogP contribution in [-0.4, -0.2) is 36.4 Å². The van der Waals surface area contributed by atoms with Crippen LogP contribution in [-0.2, 0) is 9.59 Å². The third-order valence-electron chi connectivity index (χ3n) is 2.13. The summed E-state index contributed by atoms with van der Waals surface area (Å²) in [5.41, 5.74) is 0. The molecule has 0 aromatic carbocycles. The first-order chi connectivity index (χ1) is 5.13. The van der Waals surface area contributed by atoms with Crippen molar-refractivity contribution in [2.45, 2.75) is 26.1 Å². The second-order valence-electron chi connectivity index (χ2n) is 2.98. The lowest BCUT2D eigenvalue weighted by Gasteiger charge is -2.20. The first-order valence-electron chi connectivity index (χ1n) is 3.90. The molecule has 11 heavy (non-hydrogen) atoms. The molecule has 1 fully saturated rings. The fourth-order valence-electron chi connectivity index (χ4n) is 1.57. The van der Waals surface area contributed by atoms with Gasteiger partial charge in [0.25, 0.3) is 0 Å². The van der Waals surface area contributed by atoms with Gasteiger partial charge in [-0.05, 0) is 6.92 Å². The van der Waals surface area contributed by atoms with E-state index in [9.17, 15) is 9.59 Å². The van der Waals surface area contributed by atoms with Gasteiger partial charge in [-0.15, -0.1) is 0 Å². The topological polar surface area (TPSA) is 37.4 Å². The van der Waals surface area contributed by atoms with Crippen LogP contribution in [0.1, 0.15) is 13.8 Å². The second kappa shape index (κ2) is 3.07. The Kier molecular flexibility index (Phi) is 2.32. The molecule has 0 aliphatic carbocycles. The number of rotatable bonds is 1. The van der Waals surface area contributed by atoms with Gasteiger partial charge in [0.15, 0.2) is 7.28 Å². The molecule has 0 bridgehead atoms. The van der Waals surface area contributed by atoms with Crippen LogP contribution in [0.5, 0.6) is 0 Å². The molecule has 1 aliphatic rings. The number of hydrogen-bond donors (Lipinski definition) is 0. The molecule has 0 spiro atoms. The van der Waals surface area contributed by atoms with Crippen molar-refractivity contribution in [2.24, 2.45) is 0 Å². The van der Waals surface area contributed by atoms with E-state index < -0.39 is 0 Å². The Bertz CT molecular complexity index is 173. The van der Waals surface area contributed by atoms with Gasteiger partial charge in [-0.25, -0.2) is 0 Å². The summed E-state index contributed by atoms with van der Waals surface area (Å²) in [5, 5.41) is 0. The maximum atomic E-state index is 11.0. The van der Waals surface area contributed by atoms with Crippen molar-refractivity contribution in [3.05, 3.63) is 0 Å². The largest absolute Gasteiger partial charge is 0.341 e. The molecule has 60 valence electrons. The zero-order valence-corrected chi connectivity index (χ0v) is 6.96. The van der Waals surface area contributed by atoms with E-state index >= 15 is 0 Å². The van der Waals surface area contributed by atoms with Crippen LogP contribution in [0.2, 0.25) is 6.32 Å². The zero-order valence-electron chi connectivity index (χ0n) is 6.96. The zero-order chi connectivity index (χ0) is 8.43. The summed E-state index contributed by atoms with van der Waals surface area (Å²) in [6, 6.07) is 0. The van der Waals surface area contributed by atoms with Crippen molar-refractivity contribution in [1.29, 1.82) is 0 Å². The fourth-order valence-corrected chi connectivity index (χ4v) is 1.57. The third-order valence-corrected chi connectivity index (χ3v) is 2.13. The molecule has 1 rings (SSSR count). The molecule has 0 saturated carbocycles. The minimum absolute atomic E-state index is 0.0164. The van der Waals surface area contributed by atoms with Crippen molar-refractivity contribution in [3.8, 4) is 0 Å². The number of amides is 1. The Morgan fingerprint density at radius 3 is 2.45 bits per heavy atom. The average molecular weight is 153 g/mol. The van der Waals surface area contributed by atoms with Gasteiger partial charge >= 0.3 is 0 Å². The molecule has 1 heterocycles. The first kappa shape index (κ1) is 8.30. The lowest BCUT2D eigenvalue weighted by Crippen LogP contribution is -2.40. The highest BCUT2D eigenvalue weighted by atomic mass is 16.2. The highest BCUT2D eigenvalue weighted by Crippen LogP contribution is 2.11. The van der Waals surface area contributed by atoms with E-state index in [-0.39, 0.29) is 17.6 Å². The fraction of sp³-hybridized carbons (Fsp3) is 0.714. The maximum Gasteiger partial charge on any atom is 0.219 e. The molecule has 0 aromatic heterocycles. The smallest absolute Gasteiger partial charge is 0.219 e. The van der Waals surface area contributed by atoms with Gasteiger partial charge in [0.1, 0.15) is 5.78 Å². The molecule has 1 aliphatic heterocycles. The molecule has 1 unspecified atom stereocenters. The van der Waals surface area contributed by atoms with Crippen LogP contribution in [0.15, 0.2) is 0 Å². The molecule has 0 N–H and O–H groups in total. The van der Waals surface area contributed by atoms with Crippen molar-refractivity contribution in [1.82, 2.24) is 4.90 Å². The van der Waals surface area contributed by atoms with Crippen LogP contribution in [0.4, 0.5) is 0 Å². The predicted octanol–water partition coefficient (Wildman–Crippen LogP) is -0.382. The van der Waals surface area contributed by atoms with Gasteiger partial charge in [-0.2, -0.15) is 0 Å². The number of carbonyl (C=O) groups is 2. The highest BCUT2D eigenvalue weighted by molar-refractivity contribution is 6.46. The van der Waals surface area contributed by atoms with E-state index in [1.165, 1.54) is 6.92 Å². The molecule has 1 amide bonds. The number of ketones is 1. The lowest BCUT2D eigenvalue weighted by atomic mass is 9.68. The van der Waals surface area contributed by atoms with E-state index in [2.05, 4.69) is 0 Å². The van der Waals surface area contributed by atoms with Crippen LogP contribution < -0.4 is 0 Å². The molecule has 4 heteroatoms. The van der Waals surface area contributed by atoms with E-state index in [1.807, 2.05) is 0 Å². The molecular formula is C7H12BNO2. The minimum Gasteiger partial charge on any atom is -0.341 e. The SMILES string of the molecule is CC(=O)C1BCCN1C(C)=O. The Morgan fingerprint density at radius 2 is 2.09 bits per heavy atom. The van der Waals surface area contributed by atoms with Crippen molar-refractivity contribution in [2.75, 3.05) is 6.54 Å². The summed E-state index contributed by atoms with van der Waals surface area (Å²) in [4.78, 5) is 23.6. The lowest BCUT2D eigenvalue weighted by molar-refractivity contribution is -0.133. The number of carbonyl (C=O) groups excluding carboxylic acids is 2. The molecule has 0 aromatic rings. The monoisotopic (exact) mass is 153 g/mol. The van der Waals surface area contributed by atoms with E-state index in [4.69, 9.17) is 0 Å². The summed E-state index contributed by atoms with van der Waals surface area (Å²) in [5.74, 6) is -0.00657. The number of nitrogens with zero attached hydrogens (tertiary/aromatic N) is 1. The average Bonchev–Trinajstić information content (AvgIpc) is 2.32. The quantitative estimate of drug-likeness (QED) is 0.481. The Morgan fingerprint density at radius 1 is 1.45 bits per heavy atom. The normalized spacial score (nSPS) is 23.1. The van der Waals surface area contributed by atoms with Gasteiger partial charge in [-0.1, -0.05) is 6.32 Å². The molecular weight excluding hydrogens is 141 g/mol. The standard InChI is InChI=1S/C7H12BNO2/c1-5(10)7-8-3-4-9(7)6(2)11/h7-8H,3-4H2,1-2H3. The summed E-state index contributed by atoms with van der Waals surface area (Å²) in [6.45, 7) is 3.81. The Hall–Kier alpha value is -0.795. The van der Waals surface area contributed by atoms with Gasteiger partial charge in [0, 0.05) is 13.5 Å². The third kappa shape index (κ3) is 1.61. The predicted molar refractivity (Wildman–Crippen MR) is 43.8 cm³/mol. The summed E-state index contributed by atoms with van der Waals surface area (Å²) >= 11 is 0. The van der Waals surface area contributed by atoms with Crippen LogP contribution in [0.3, 0.4) is 0 Å². The highest BCUT2D eigenvalue weighted by Gasteiger charge is 2.30. The molecule has 3 nitrogen and oxygen atoms in total. The number of Topliss-reactive ketones (excluding diaryl/α,β-unsaturated/α-hetero) is 1. The molecule has 1 saturated heterocycles. The number of hydrogen-bond acceptors (Lipinski definition) is 2. The maximum absolute atomic E-state index is 11.0. The van der Waals surface area contributed by atoms with E-state index in [1.54, 1.807) is 11.8 Å². The summed E-state index contributed by atoms with van der Waals surface area (Å²) < 4.78 is 0. The Balaban J connectivity index is 2.65. The van der Waals surface area contributed by atoms with Gasteiger partial charge < -0.3 is 4.90 Å². The van der Waals surface area contributed by atoms with Gasteiger partial charge in [0.2, 0.25) is 5.91 Å². The summed E-state index contributed by atoms with van der Waals surface area (Å²) in [6.07, 6.45) is 0.962. The second-order valence-corrected chi connectivity index (χ2v) is 2.98. The van der Waals surface area contributed by atoms with Crippen LogP contribution in [0.25, 0.3) is 0 Å². The van der Waals surface area contributed by atoms with Crippen LogP contribution in [0, 0.1) is 0 Å². The van der Waals surface area contributed by atoms with E-state index in [0.29, 0.717) is 0 Å². The Labute approximate surface area is 67.0 Å². The first-order valence-corrected chi connectivity index (χ1v) is 3.90. The molecule has 0 radical (unpaired) electrons. The minimum atomic E-state index is -0.132. The van der Waals surface area contributed by atoms with Gasteiger partial charge in [-0.3, -0.25) is 9.59 Å². The van der Waals surface area contributed by atoms with E-state index in [0.717, 1.165) is 20.1 Å². The van der Waals surface area contributed by atoms with Crippen molar-refractivity contribution < 1.29 is 9.59 Å². The van der Waals surface area contributed by atoms with Crippen molar-refractivity contribution in [3.63, 3.8) is 0 Å².